The lowest BCUT2D eigenvalue weighted by molar-refractivity contribution is -0.127. The van der Waals surface area contributed by atoms with Gasteiger partial charge in [0.2, 0.25) is 11.8 Å². The summed E-state index contributed by atoms with van der Waals surface area (Å²) >= 11 is 1.48. The lowest BCUT2D eigenvalue weighted by Crippen LogP contribution is -2.28. The van der Waals surface area contributed by atoms with E-state index in [-0.39, 0.29) is 24.2 Å². The third kappa shape index (κ3) is 3.07. The summed E-state index contributed by atoms with van der Waals surface area (Å²) in [6, 6.07) is 0. The first kappa shape index (κ1) is 14.7. The molecule has 108 valence electrons. The molecule has 6 heteroatoms. The van der Waals surface area contributed by atoms with Gasteiger partial charge in [-0.2, -0.15) is 0 Å². The van der Waals surface area contributed by atoms with Gasteiger partial charge in [0.1, 0.15) is 0 Å². The van der Waals surface area contributed by atoms with E-state index < -0.39 is 0 Å². The Morgan fingerprint density at radius 2 is 2.40 bits per heavy atom. The highest BCUT2D eigenvalue weighted by Gasteiger charge is 2.33. The molecule has 0 aliphatic carbocycles. The molecule has 0 aromatic carbocycles. The second-order valence-corrected chi connectivity index (χ2v) is 6.06. The fraction of sp³-hybridized carbons (Fsp3) is 0.500. The first-order chi connectivity index (χ1) is 9.55. The van der Waals surface area contributed by atoms with Crippen molar-refractivity contribution in [3.63, 3.8) is 0 Å². The Labute approximate surface area is 122 Å². The van der Waals surface area contributed by atoms with Crippen LogP contribution in [0.25, 0.3) is 0 Å². The van der Waals surface area contributed by atoms with E-state index in [0.717, 1.165) is 17.0 Å². The molecular weight excluding hydrogens is 274 g/mol. The van der Waals surface area contributed by atoms with Crippen molar-refractivity contribution < 1.29 is 9.59 Å². The van der Waals surface area contributed by atoms with Gasteiger partial charge in [-0.1, -0.05) is 13.0 Å². The van der Waals surface area contributed by atoms with E-state index in [4.69, 9.17) is 0 Å². The van der Waals surface area contributed by atoms with Crippen molar-refractivity contribution in [2.24, 2.45) is 5.92 Å². The number of nitrogens with zero attached hydrogens (tertiary/aromatic N) is 2. The van der Waals surface area contributed by atoms with E-state index in [1.54, 1.807) is 11.0 Å². The molecule has 1 unspecified atom stereocenters. The zero-order valence-corrected chi connectivity index (χ0v) is 12.6. The number of likely N-dealkylation sites (tertiary alicyclic amines) is 1. The summed E-state index contributed by atoms with van der Waals surface area (Å²) in [5.74, 6) is -0.410. The van der Waals surface area contributed by atoms with E-state index in [0.29, 0.717) is 18.2 Å². The Morgan fingerprint density at radius 1 is 1.65 bits per heavy atom. The van der Waals surface area contributed by atoms with Crippen LogP contribution in [0.1, 0.15) is 23.9 Å². The summed E-state index contributed by atoms with van der Waals surface area (Å²) in [6.07, 6.45) is 2.80. The van der Waals surface area contributed by atoms with Crippen molar-refractivity contribution >= 4 is 28.3 Å². The van der Waals surface area contributed by atoms with E-state index in [2.05, 4.69) is 16.9 Å². The van der Waals surface area contributed by atoms with E-state index >= 15 is 0 Å². The molecule has 0 bridgehead atoms. The Hall–Kier alpha value is -1.69. The SMILES string of the molecule is C=CCN1CC(C(=O)Nc2nc(CC)c(C)s2)CC1=O. The summed E-state index contributed by atoms with van der Waals surface area (Å²) in [5.41, 5.74) is 1.01. The van der Waals surface area contributed by atoms with E-state index in [1.165, 1.54) is 11.3 Å². The highest BCUT2D eigenvalue weighted by atomic mass is 32.1. The standard InChI is InChI=1S/C14H19N3O2S/c1-4-6-17-8-10(7-12(17)18)13(19)16-14-15-11(5-2)9(3)20-14/h4,10H,1,5-8H2,2-3H3,(H,15,16,19). The zero-order chi connectivity index (χ0) is 14.7. The second-order valence-electron chi connectivity index (χ2n) is 4.85. The third-order valence-electron chi connectivity index (χ3n) is 3.39. The van der Waals surface area contributed by atoms with Crippen LogP contribution in [-0.4, -0.2) is 34.8 Å². The van der Waals surface area contributed by atoms with Crippen molar-refractivity contribution in [3.8, 4) is 0 Å². The van der Waals surface area contributed by atoms with Gasteiger partial charge in [-0.3, -0.25) is 9.59 Å². The molecule has 1 aromatic rings. The number of aryl methyl sites for hydroxylation is 2. The van der Waals surface area contributed by atoms with E-state index in [9.17, 15) is 9.59 Å². The number of carbonyl (C=O) groups excluding carboxylic acids is 2. The van der Waals surface area contributed by atoms with Gasteiger partial charge in [0.25, 0.3) is 0 Å². The molecule has 0 spiro atoms. The smallest absolute Gasteiger partial charge is 0.231 e. The first-order valence-corrected chi connectivity index (χ1v) is 7.52. The largest absolute Gasteiger partial charge is 0.338 e. The van der Waals surface area contributed by atoms with Gasteiger partial charge >= 0.3 is 0 Å². The molecular formula is C14H19N3O2S. The minimum atomic E-state index is -0.295. The van der Waals surface area contributed by atoms with Gasteiger partial charge in [-0.25, -0.2) is 4.98 Å². The minimum absolute atomic E-state index is 0.00890. The first-order valence-electron chi connectivity index (χ1n) is 6.71. The van der Waals surface area contributed by atoms with Crippen LogP contribution < -0.4 is 5.32 Å². The molecule has 1 saturated heterocycles. The average molecular weight is 293 g/mol. The molecule has 1 N–H and O–H groups in total. The molecule has 1 aliphatic heterocycles. The summed E-state index contributed by atoms with van der Waals surface area (Å²) in [6.45, 7) is 8.61. The predicted molar refractivity (Wildman–Crippen MR) is 79.7 cm³/mol. The number of carbonyl (C=O) groups is 2. The molecule has 2 rings (SSSR count). The lowest BCUT2D eigenvalue weighted by Gasteiger charge is -2.13. The highest BCUT2D eigenvalue weighted by molar-refractivity contribution is 7.15. The molecule has 1 aromatic heterocycles. The number of hydrogen-bond acceptors (Lipinski definition) is 4. The maximum Gasteiger partial charge on any atom is 0.231 e. The Kier molecular flexibility index (Phi) is 4.54. The minimum Gasteiger partial charge on any atom is -0.338 e. The number of aromatic nitrogens is 1. The molecule has 5 nitrogen and oxygen atoms in total. The summed E-state index contributed by atoms with van der Waals surface area (Å²) < 4.78 is 0. The number of rotatable bonds is 5. The molecule has 0 radical (unpaired) electrons. The monoisotopic (exact) mass is 293 g/mol. The molecule has 1 atom stereocenters. The summed E-state index contributed by atoms with van der Waals surface area (Å²) in [5, 5.41) is 3.45. The van der Waals surface area contributed by atoms with Gasteiger partial charge in [0.15, 0.2) is 5.13 Å². The van der Waals surface area contributed by atoms with Gasteiger partial charge in [-0.15, -0.1) is 17.9 Å². The molecule has 1 aliphatic rings. The number of hydrogen-bond donors (Lipinski definition) is 1. The van der Waals surface area contributed by atoms with Crippen molar-refractivity contribution in [1.82, 2.24) is 9.88 Å². The van der Waals surface area contributed by atoms with Gasteiger partial charge in [0, 0.05) is 24.4 Å². The van der Waals surface area contributed by atoms with Crippen molar-refractivity contribution in [2.75, 3.05) is 18.4 Å². The van der Waals surface area contributed by atoms with Gasteiger partial charge in [-0.05, 0) is 13.3 Å². The van der Waals surface area contributed by atoms with Crippen LogP contribution in [0.3, 0.4) is 0 Å². The van der Waals surface area contributed by atoms with Crippen LogP contribution >= 0.6 is 11.3 Å². The highest BCUT2D eigenvalue weighted by Crippen LogP contribution is 2.24. The molecule has 1 fully saturated rings. The van der Waals surface area contributed by atoms with Crippen LogP contribution in [-0.2, 0) is 16.0 Å². The summed E-state index contributed by atoms with van der Waals surface area (Å²) in [7, 11) is 0. The Morgan fingerprint density at radius 3 is 3.00 bits per heavy atom. The average Bonchev–Trinajstić information content (AvgIpc) is 2.94. The number of thiazole rings is 1. The summed E-state index contributed by atoms with van der Waals surface area (Å²) in [4.78, 5) is 31.1. The number of amides is 2. The predicted octanol–water partition coefficient (Wildman–Crippen LogP) is 1.99. The van der Waals surface area contributed by atoms with Crippen LogP contribution in [0.4, 0.5) is 5.13 Å². The Bertz CT molecular complexity index is 539. The fourth-order valence-corrected chi connectivity index (χ4v) is 3.20. The topological polar surface area (TPSA) is 62.3 Å². The normalized spacial score (nSPS) is 18.4. The molecule has 20 heavy (non-hydrogen) atoms. The van der Waals surface area contributed by atoms with Crippen LogP contribution in [0, 0.1) is 12.8 Å². The van der Waals surface area contributed by atoms with Crippen LogP contribution in [0.5, 0.6) is 0 Å². The zero-order valence-electron chi connectivity index (χ0n) is 11.8. The van der Waals surface area contributed by atoms with Gasteiger partial charge < -0.3 is 10.2 Å². The second kappa shape index (κ2) is 6.17. The van der Waals surface area contributed by atoms with Crippen molar-refractivity contribution in [1.29, 1.82) is 0 Å². The third-order valence-corrected chi connectivity index (χ3v) is 4.32. The Balaban J connectivity index is 1.98. The number of anilines is 1. The molecule has 2 heterocycles. The molecule has 2 amide bonds. The number of nitrogens with one attached hydrogen (secondary N) is 1. The fourth-order valence-electron chi connectivity index (χ4n) is 2.30. The van der Waals surface area contributed by atoms with Crippen LogP contribution in [0.15, 0.2) is 12.7 Å². The maximum atomic E-state index is 12.2. The lowest BCUT2D eigenvalue weighted by atomic mass is 10.1. The van der Waals surface area contributed by atoms with E-state index in [1.807, 2.05) is 13.8 Å². The van der Waals surface area contributed by atoms with Gasteiger partial charge in [0.05, 0.1) is 11.6 Å². The van der Waals surface area contributed by atoms with Crippen molar-refractivity contribution in [2.45, 2.75) is 26.7 Å². The maximum absolute atomic E-state index is 12.2. The van der Waals surface area contributed by atoms with Crippen LogP contribution in [0.2, 0.25) is 0 Å². The quantitative estimate of drug-likeness (QED) is 0.844. The van der Waals surface area contributed by atoms with Crippen molar-refractivity contribution in [3.05, 3.63) is 23.2 Å². The molecule has 0 saturated carbocycles.